The molecule has 5 heterocycles. The van der Waals surface area contributed by atoms with Gasteiger partial charge in [-0.3, -0.25) is 9.69 Å². The summed E-state index contributed by atoms with van der Waals surface area (Å²) in [5, 5.41) is 12.2. The lowest BCUT2D eigenvalue weighted by Crippen LogP contribution is -2.55. The van der Waals surface area contributed by atoms with Crippen LogP contribution < -0.4 is 9.64 Å². The molecule has 0 N–H and O–H groups in total. The predicted molar refractivity (Wildman–Crippen MR) is 169 cm³/mol. The average Bonchev–Trinajstić information content (AvgIpc) is 3.63. The van der Waals surface area contributed by atoms with E-state index in [1.165, 1.54) is 17.7 Å². The highest BCUT2D eigenvalue weighted by atomic mass is 35.5. The van der Waals surface area contributed by atoms with Gasteiger partial charge in [0.1, 0.15) is 12.4 Å². The fourth-order valence-corrected chi connectivity index (χ4v) is 8.05. The molecular weight excluding hydrogens is 595 g/mol. The van der Waals surface area contributed by atoms with Crippen molar-refractivity contribution in [3.63, 3.8) is 0 Å². The first kappa shape index (κ1) is 29.9. The number of nitrogens with zero attached hydrogens (tertiary/aromatic N) is 6. The van der Waals surface area contributed by atoms with Crippen molar-refractivity contribution < 1.29 is 18.7 Å². The second-order valence-electron chi connectivity index (χ2n) is 12.5. The molecule has 11 heteroatoms. The average molecular weight is 631 g/mol. The molecule has 234 valence electrons. The van der Waals surface area contributed by atoms with Gasteiger partial charge in [-0.05, 0) is 55.8 Å². The first-order valence-corrected chi connectivity index (χ1v) is 16.1. The maximum absolute atomic E-state index is 13.8. The van der Waals surface area contributed by atoms with Gasteiger partial charge in [-0.15, -0.1) is 0 Å². The summed E-state index contributed by atoms with van der Waals surface area (Å²) < 4.78 is 26.8. The number of fused-ring (bicyclic) bond motifs is 3. The predicted octanol–water partition coefficient (Wildman–Crippen LogP) is 5.52. The van der Waals surface area contributed by atoms with E-state index in [0.717, 1.165) is 53.5 Å². The summed E-state index contributed by atoms with van der Waals surface area (Å²) in [4.78, 5) is 28.4. The lowest BCUT2D eigenvalue weighted by molar-refractivity contribution is -0.131. The van der Waals surface area contributed by atoms with E-state index in [2.05, 4.69) is 23.6 Å². The smallest absolute Gasteiger partial charge is 0.318 e. The van der Waals surface area contributed by atoms with E-state index in [1.54, 1.807) is 0 Å². The van der Waals surface area contributed by atoms with Crippen LogP contribution in [-0.4, -0.2) is 76.6 Å². The molecule has 0 saturated carbocycles. The molecule has 3 fully saturated rings. The highest BCUT2D eigenvalue weighted by Gasteiger charge is 2.45. The summed E-state index contributed by atoms with van der Waals surface area (Å²) in [6, 6.07) is 14.0. The zero-order valence-electron chi connectivity index (χ0n) is 25.2. The third-order valence-electron chi connectivity index (χ3n) is 9.97. The van der Waals surface area contributed by atoms with Crippen LogP contribution in [0.5, 0.6) is 6.01 Å². The normalized spacial score (nSPS) is 22.6. The van der Waals surface area contributed by atoms with Crippen molar-refractivity contribution in [3.8, 4) is 12.1 Å². The van der Waals surface area contributed by atoms with Crippen molar-refractivity contribution in [1.29, 1.82) is 5.26 Å². The Labute approximate surface area is 267 Å². The molecule has 9 nitrogen and oxygen atoms in total. The zero-order chi connectivity index (χ0) is 31.1. The monoisotopic (exact) mass is 630 g/mol. The molecule has 2 atom stereocenters. The summed E-state index contributed by atoms with van der Waals surface area (Å²) in [5.74, 6) is -1.13. The van der Waals surface area contributed by atoms with E-state index in [0.29, 0.717) is 43.0 Å². The van der Waals surface area contributed by atoms with Crippen LogP contribution in [0.1, 0.15) is 55.0 Å². The Morgan fingerprint density at radius 2 is 1.93 bits per heavy atom. The minimum absolute atomic E-state index is 0.0312. The first-order chi connectivity index (χ1) is 21.9. The fourth-order valence-electron chi connectivity index (χ4n) is 7.76. The van der Waals surface area contributed by atoms with Crippen LogP contribution in [0.15, 0.2) is 48.8 Å². The third kappa shape index (κ3) is 5.51. The maximum Gasteiger partial charge on any atom is 0.318 e. The van der Waals surface area contributed by atoms with E-state index >= 15 is 0 Å². The van der Waals surface area contributed by atoms with Crippen molar-refractivity contribution in [2.24, 2.45) is 0 Å². The molecule has 1 amide bonds. The molecule has 0 aliphatic carbocycles. The number of hydrogen-bond acceptors (Lipinski definition) is 8. The Bertz CT molecular complexity index is 1680. The second kappa shape index (κ2) is 12.2. The van der Waals surface area contributed by atoms with Gasteiger partial charge in [0.05, 0.1) is 42.5 Å². The number of ether oxygens (including phenoxy) is 2. The van der Waals surface area contributed by atoms with Crippen LogP contribution in [0, 0.1) is 11.3 Å². The maximum atomic E-state index is 13.8. The molecule has 45 heavy (non-hydrogen) atoms. The number of anilines is 1. The van der Waals surface area contributed by atoms with Crippen LogP contribution in [0.2, 0.25) is 5.02 Å². The van der Waals surface area contributed by atoms with Gasteiger partial charge in [0.2, 0.25) is 0 Å². The van der Waals surface area contributed by atoms with Gasteiger partial charge in [-0.1, -0.05) is 48.5 Å². The number of amides is 1. The number of carbonyl (C=O) groups excluding carboxylic acids is 1. The van der Waals surface area contributed by atoms with E-state index in [1.807, 2.05) is 35.2 Å². The van der Waals surface area contributed by atoms with Gasteiger partial charge in [0.15, 0.2) is 5.83 Å². The Morgan fingerprint density at radius 1 is 1.16 bits per heavy atom. The van der Waals surface area contributed by atoms with Gasteiger partial charge in [-0.2, -0.15) is 15.2 Å². The van der Waals surface area contributed by atoms with E-state index in [-0.39, 0.29) is 31.2 Å². The van der Waals surface area contributed by atoms with E-state index in [4.69, 9.17) is 31.0 Å². The molecule has 1 aromatic heterocycles. The van der Waals surface area contributed by atoms with Gasteiger partial charge in [0, 0.05) is 42.0 Å². The van der Waals surface area contributed by atoms with Crippen LogP contribution in [0.3, 0.4) is 0 Å². The minimum atomic E-state index is -1.03. The van der Waals surface area contributed by atoms with Gasteiger partial charge < -0.3 is 19.3 Å². The zero-order valence-corrected chi connectivity index (χ0v) is 25.9. The Morgan fingerprint density at radius 3 is 2.69 bits per heavy atom. The molecule has 3 aromatic rings. The summed E-state index contributed by atoms with van der Waals surface area (Å²) in [5.41, 5.74) is 2.74. The summed E-state index contributed by atoms with van der Waals surface area (Å²) in [6.07, 6.45) is 4.84. The molecule has 4 aliphatic heterocycles. The number of nitriles is 1. The van der Waals surface area contributed by atoms with Crippen molar-refractivity contribution in [2.75, 3.05) is 44.2 Å². The fraction of sp³-hybridized carbons (Fsp3) is 0.471. The molecule has 0 bridgehead atoms. The van der Waals surface area contributed by atoms with Crippen LogP contribution in [-0.2, 0) is 22.6 Å². The number of hydrogen-bond donors (Lipinski definition) is 0. The lowest BCUT2D eigenvalue weighted by atomic mass is 9.94. The Kier molecular flexibility index (Phi) is 8.11. The molecule has 2 aromatic carbocycles. The number of rotatable bonds is 7. The van der Waals surface area contributed by atoms with Gasteiger partial charge >= 0.3 is 6.01 Å². The first-order valence-electron chi connectivity index (χ1n) is 15.7. The largest absolute Gasteiger partial charge is 0.461 e. The molecule has 7 rings (SSSR count). The lowest BCUT2D eigenvalue weighted by Gasteiger charge is -2.42. The standard InChI is InChI=1S/C34H36ClFN6O3/c1-22(36)32(43)42-17-16-40(19-24(42)10-13-37)31-26-20-44-29(25-8-2-6-23-7-3-9-27(35)30(23)25)18-28(26)38-33(39-31)45-21-34-11-4-14-41(34)15-5-12-34/h2-3,6-9,24,29H,1,4-5,10-12,14-21H2/t24-,29?/m0/s1. The quantitative estimate of drug-likeness (QED) is 0.315. The highest BCUT2D eigenvalue weighted by Crippen LogP contribution is 2.41. The van der Waals surface area contributed by atoms with E-state index < -0.39 is 17.8 Å². The third-order valence-corrected chi connectivity index (χ3v) is 10.3. The molecule has 0 spiro atoms. The Balaban J connectivity index is 1.23. The summed E-state index contributed by atoms with van der Waals surface area (Å²) >= 11 is 6.68. The van der Waals surface area contributed by atoms with Gasteiger partial charge in [0.25, 0.3) is 5.91 Å². The van der Waals surface area contributed by atoms with Gasteiger partial charge in [-0.25, -0.2) is 4.39 Å². The topological polar surface area (TPSA) is 94.8 Å². The second-order valence-corrected chi connectivity index (χ2v) is 12.9. The molecule has 4 aliphatic rings. The number of carbonyl (C=O) groups is 1. The summed E-state index contributed by atoms with van der Waals surface area (Å²) in [6.45, 7) is 7.14. The van der Waals surface area contributed by atoms with Crippen molar-refractivity contribution in [2.45, 2.75) is 62.8 Å². The van der Waals surface area contributed by atoms with Crippen molar-refractivity contribution >= 4 is 34.1 Å². The molecule has 1 unspecified atom stereocenters. The highest BCUT2D eigenvalue weighted by molar-refractivity contribution is 6.35. The van der Waals surface area contributed by atoms with Crippen molar-refractivity contribution in [1.82, 2.24) is 19.8 Å². The number of benzene rings is 2. The molecular formula is C34H36ClFN6O3. The molecule has 3 saturated heterocycles. The number of halogens is 2. The summed E-state index contributed by atoms with van der Waals surface area (Å²) in [7, 11) is 0. The minimum Gasteiger partial charge on any atom is -0.461 e. The van der Waals surface area contributed by atoms with Crippen molar-refractivity contribution in [3.05, 3.63) is 70.6 Å². The molecule has 0 radical (unpaired) electrons. The number of aromatic nitrogens is 2. The van der Waals surface area contributed by atoms with Crippen LogP contribution in [0.25, 0.3) is 10.8 Å². The SMILES string of the molecule is C=C(F)C(=O)N1CCN(c2nc(OCC34CCCN3CCC4)nc3c2COC(c2cccc4cccc(Cl)c24)C3)C[C@@H]1CC#N. The number of piperazine rings is 1. The van der Waals surface area contributed by atoms with Crippen LogP contribution >= 0.6 is 11.6 Å². The van der Waals surface area contributed by atoms with E-state index in [9.17, 15) is 14.4 Å². The Hall–Kier alpha value is -3.78. The van der Waals surface area contributed by atoms with Crippen LogP contribution in [0.4, 0.5) is 10.2 Å².